The highest BCUT2D eigenvalue weighted by molar-refractivity contribution is 5.94. The zero-order valence-electron chi connectivity index (χ0n) is 9.64. The van der Waals surface area contributed by atoms with Crippen LogP contribution in [0.3, 0.4) is 0 Å². The van der Waals surface area contributed by atoms with Crippen molar-refractivity contribution >= 4 is 5.78 Å². The van der Waals surface area contributed by atoms with Gasteiger partial charge in [0.25, 0.3) is 0 Å². The van der Waals surface area contributed by atoms with Gasteiger partial charge in [-0.15, -0.1) is 0 Å². The Morgan fingerprint density at radius 3 is 2.21 bits per heavy atom. The molecular weight excluding hydrogens is 172 g/mol. The molecule has 0 aliphatic carbocycles. The maximum atomic E-state index is 11.3. The molecule has 0 atom stereocenters. The minimum Gasteiger partial charge on any atom is -0.295 e. The summed E-state index contributed by atoms with van der Waals surface area (Å²) >= 11 is 0. The molecule has 0 fully saturated rings. The van der Waals surface area contributed by atoms with E-state index in [4.69, 9.17) is 0 Å². The van der Waals surface area contributed by atoms with Crippen LogP contribution < -0.4 is 0 Å². The highest BCUT2D eigenvalue weighted by Crippen LogP contribution is 2.23. The van der Waals surface area contributed by atoms with Crippen LogP contribution in [-0.2, 0) is 0 Å². The zero-order chi connectivity index (χ0) is 10.9. The highest BCUT2D eigenvalue weighted by atomic mass is 16.1. The topological polar surface area (TPSA) is 17.1 Å². The summed E-state index contributed by atoms with van der Waals surface area (Å²) in [6.45, 7) is 10.1. The summed E-state index contributed by atoms with van der Waals surface area (Å²) in [5.41, 5.74) is 4.64. The van der Waals surface area contributed by atoms with Crippen LogP contribution in [0.1, 0.15) is 53.7 Å². The van der Waals surface area contributed by atoms with Gasteiger partial charge in [-0.05, 0) is 55.5 Å². The summed E-state index contributed by atoms with van der Waals surface area (Å²) < 4.78 is 0. The number of carbonyl (C=O) groups excluding carboxylic acids is 1. The second kappa shape index (κ2) is 3.95. The molecule has 0 aliphatic heterocycles. The van der Waals surface area contributed by atoms with Gasteiger partial charge in [0.15, 0.2) is 5.78 Å². The third-order valence-corrected chi connectivity index (χ3v) is 2.74. The van der Waals surface area contributed by atoms with Crippen molar-refractivity contribution in [3.63, 3.8) is 0 Å². The number of hydrogen-bond donors (Lipinski definition) is 0. The predicted molar refractivity (Wildman–Crippen MR) is 60.0 cm³/mol. The highest BCUT2D eigenvalue weighted by Gasteiger charge is 2.09. The SMILES string of the molecule is CC(=O)c1cc(C)c(C)c(C(C)C)c1. The van der Waals surface area contributed by atoms with E-state index in [9.17, 15) is 4.79 Å². The van der Waals surface area contributed by atoms with Gasteiger partial charge < -0.3 is 0 Å². The Morgan fingerprint density at radius 2 is 1.79 bits per heavy atom. The van der Waals surface area contributed by atoms with Gasteiger partial charge in [0, 0.05) is 5.56 Å². The van der Waals surface area contributed by atoms with Crippen molar-refractivity contribution in [1.82, 2.24) is 0 Å². The number of hydrogen-bond acceptors (Lipinski definition) is 1. The van der Waals surface area contributed by atoms with Crippen molar-refractivity contribution in [3.05, 3.63) is 34.4 Å². The van der Waals surface area contributed by atoms with E-state index in [1.165, 1.54) is 16.7 Å². The first kappa shape index (κ1) is 11.0. The zero-order valence-corrected chi connectivity index (χ0v) is 9.64. The maximum absolute atomic E-state index is 11.3. The Kier molecular flexibility index (Phi) is 3.10. The molecule has 1 aromatic rings. The molecule has 0 spiro atoms. The molecule has 0 unspecified atom stereocenters. The monoisotopic (exact) mass is 190 g/mol. The molecule has 0 aliphatic rings. The van der Waals surface area contributed by atoms with E-state index in [0.29, 0.717) is 5.92 Å². The molecule has 0 aromatic heterocycles. The average Bonchev–Trinajstić information content (AvgIpc) is 2.08. The Bertz CT molecular complexity index is 362. The van der Waals surface area contributed by atoms with Crippen LogP contribution >= 0.6 is 0 Å². The predicted octanol–water partition coefficient (Wildman–Crippen LogP) is 3.63. The van der Waals surface area contributed by atoms with Crippen LogP contribution in [0.25, 0.3) is 0 Å². The summed E-state index contributed by atoms with van der Waals surface area (Å²) in [4.78, 5) is 11.3. The smallest absolute Gasteiger partial charge is 0.159 e. The van der Waals surface area contributed by atoms with E-state index in [0.717, 1.165) is 5.56 Å². The van der Waals surface area contributed by atoms with Crippen LogP contribution in [0.2, 0.25) is 0 Å². The number of ketones is 1. The fourth-order valence-corrected chi connectivity index (χ4v) is 1.69. The van der Waals surface area contributed by atoms with Gasteiger partial charge in [0.2, 0.25) is 0 Å². The Balaban J connectivity index is 3.35. The third-order valence-electron chi connectivity index (χ3n) is 2.74. The van der Waals surface area contributed by atoms with Crippen molar-refractivity contribution < 1.29 is 4.79 Å². The number of aryl methyl sites for hydroxylation is 1. The molecule has 76 valence electrons. The molecule has 0 heterocycles. The van der Waals surface area contributed by atoms with Gasteiger partial charge in [-0.1, -0.05) is 13.8 Å². The van der Waals surface area contributed by atoms with E-state index in [2.05, 4.69) is 27.7 Å². The normalized spacial score (nSPS) is 10.7. The molecule has 0 bridgehead atoms. The van der Waals surface area contributed by atoms with E-state index < -0.39 is 0 Å². The minimum atomic E-state index is 0.148. The fraction of sp³-hybridized carbons (Fsp3) is 0.462. The van der Waals surface area contributed by atoms with Gasteiger partial charge >= 0.3 is 0 Å². The maximum Gasteiger partial charge on any atom is 0.159 e. The van der Waals surface area contributed by atoms with Crippen molar-refractivity contribution in [2.45, 2.75) is 40.5 Å². The van der Waals surface area contributed by atoms with Crippen molar-refractivity contribution in [2.75, 3.05) is 0 Å². The van der Waals surface area contributed by atoms with Gasteiger partial charge in [0.05, 0.1) is 0 Å². The lowest BCUT2D eigenvalue weighted by Crippen LogP contribution is -2.00. The third kappa shape index (κ3) is 2.03. The molecule has 0 saturated heterocycles. The summed E-state index contributed by atoms with van der Waals surface area (Å²) in [6.07, 6.45) is 0. The molecule has 1 aromatic carbocycles. The summed E-state index contributed by atoms with van der Waals surface area (Å²) in [5.74, 6) is 0.628. The Labute approximate surface area is 86.1 Å². The van der Waals surface area contributed by atoms with E-state index in [1.54, 1.807) is 6.92 Å². The molecule has 1 rings (SSSR count). The molecule has 1 heteroatoms. The fourth-order valence-electron chi connectivity index (χ4n) is 1.69. The lowest BCUT2D eigenvalue weighted by atomic mass is 9.91. The van der Waals surface area contributed by atoms with Gasteiger partial charge in [-0.25, -0.2) is 0 Å². The first-order valence-electron chi connectivity index (χ1n) is 5.05. The second-order valence-corrected chi connectivity index (χ2v) is 4.22. The average molecular weight is 190 g/mol. The molecule has 0 amide bonds. The summed E-state index contributed by atoms with van der Waals surface area (Å²) in [5, 5.41) is 0. The lowest BCUT2D eigenvalue weighted by molar-refractivity contribution is 0.101. The first-order valence-corrected chi connectivity index (χ1v) is 5.05. The van der Waals surface area contributed by atoms with Crippen LogP contribution in [0.15, 0.2) is 12.1 Å². The van der Waals surface area contributed by atoms with Gasteiger partial charge in [-0.3, -0.25) is 4.79 Å². The number of benzene rings is 1. The Hall–Kier alpha value is -1.11. The minimum absolute atomic E-state index is 0.148. The van der Waals surface area contributed by atoms with Crippen LogP contribution in [0.5, 0.6) is 0 Å². The largest absolute Gasteiger partial charge is 0.295 e. The van der Waals surface area contributed by atoms with Crippen LogP contribution in [0, 0.1) is 13.8 Å². The van der Waals surface area contributed by atoms with Crippen molar-refractivity contribution in [3.8, 4) is 0 Å². The van der Waals surface area contributed by atoms with Crippen molar-refractivity contribution in [2.24, 2.45) is 0 Å². The summed E-state index contributed by atoms with van der Waals surface area (Å²) in [7, 11) is 0. The van der Waals surface area contributed by atoms with Gasteiger partial charge in [-0.2, -0.15) is 0 Å². The lowest BCUT2D eigenvalue weighted by Gasteiger charge is -2.13. The molecule has 0 N–H and O–H groups in total. The van der Waals surface area contributed by atoms with E-state index in [-0.39, 0.29) is 5.78 Å². The molecular formula is C13H18O. The second-order valence-electron chi connectivity index (χ2n) is 4.22. The quantitative estimate of drug-likeness (QED) is 0.651. The molecule has 0 saturated carbocycles. The first-order chi connectivity index (χ1) is 6.43. The van der Waals surface area contributed by atoms with Crippen LogP contribution in [0.4, 0.5) is 0 Å². The Morgan fingerprint density at radius 1 is 1.21 bits per heavy atom. The van der Waals surface area contributed by atoms with E-state index >= 15 is 0 Å². The van der Waals surface area contributed by atoms with E-state index in [1.807, 2.05) is 12.1 Å². The molecule has 14 heavy (non-hydrogen) atoms. The molecule has 1 nitrogen and oxygen atoms in total. The summed E-state index contributed by atoms with van der Waals surface area (Å²) in [6, 6.07) is 4.00. The van der Waals surface area contributed by atoms with Crippen LogP contribution in [-0.4, -0.2) is 5.78 Å². The number of carbonyl (C=O) groups is 1. The number of rotatable bonds is 2. The number of Topliss-reactive ketones (excluding diaryl/α,β-unsaturated/α-hetero) is 1. The van der Waals surface area contributed by atoms with Gasteiger partial charge in [0.1, 0.15) is 0 Å². The standard InChI is InChI=1S/C13H18O/c1-8(2)13-7-12(11(5)14)6-9(3)10(13)4/h6-8H,1-5H3. The molecule has 0 radical (unpaired) electrons. The van der Waals surface area contributed by atoms with Crippen molar-refractivity contribution in [1.29, 1.82) is 0 Å².